The van der Waals surface area contributed by atoms with Gasteiger partial charge in [-0.15, -0.1) is 0 Å². The molecule has 0 saturated carbocycles. The number of ketones is 1. The smallest absolute Gasteiger partial charge is 0.301 e. The third kappa shape index (κ3) is 3.67. The highest BCUT2D eigenvalue weighted by Crippen LogP contribution is 2.47. The lowest BCUT2D eigenvalue weighted by atomic mass is 9.94. The summed E-state index contributed by atoms with van der Waals surface area (Å²) in [5, 5.41) is 15.1. The maximum Gasteiger partial charge on any atom is 0.301 e. The zero-order valence-electron chi connectivity index (χ0n) is 18.5. The van der Waals surface area contributed by atoms with Crippen molar-refractivity contribution in [3.8, 4) is 17.2 Å². The Morgan fingerprint density at radius 3 is 2.33 bits per heavy atom. The summed E-state index contributed by atoms with van der Waals surface area (Å²) in [5.41, 5.74) is 0.668. The van der Waals surface area contributed by atoms with Crippen molar-refractivity contribution in [3.63, 3.8) is 0 Å². The van der Waals surface area contributed by atoms with Crippen molar-refractivity contribution in [1.29, 1.82) is 0 Å². The van der Waals surface area contributed by atoms with Crippen LogP contribution in [-0.2, 0) is 9.59 Å². The number of carbonyl (C=O) groups is 2. The van der Waals surface area contributed by atoms with Crippen LogP contribution < -0.4 is 19.1 Å². The van der Waals surface area contributed by atoms with E-state index >= 15 is 0 Å². The quantitative estimate of drug-likeness (QED) is 0.344. The van der Waals surface area contributed by atoms with Gasteiger partial charge in [-0.1, -0.05) is 17.3 Å². The first-order valence-corrected chi connectivity index (χ1v) is 10.0. The number of aliphatic hydroxyl groups is 1. The Morgan fingerprint density at radius 2 is 1.76 bits per heavy atom. The fraction of sp³-hybridized carbons (Fsp3) is 0.208. The van der Waals surface area contributed by atoms with Crippen LogP contribution in [0.5, 0.6) is 17.2 Å². The number of nitrogens with zero attached hydrogens (tertiary/aromatic N) is 2. The largest absolute Gasteiger partial charge is 0.507 e. The molecule has 0 radical (unpaired) electrons. The predicted molar refractivity (Wildman–Crippen MR) is 119 cm³/mol. The van der Waals surface area contributed by atoms with Gasteiger partial charge in [-0.05, 0) is 37.3 Å². The number of anilines is 1. The lowest BCUT2D eigenvalue weighted by Gasteiger charge is -2.25. The average molecular weight is 450 g/mol. The van der Waals surface area contributed by atoms with Gasteiger partial charge in [0.05, 0.1) is 26.9 Å². The van der Waals surface area contributed by atoms with E-state index in [1.165, 1.54) is 32.3 Å². The summed E-state index contributed by atoms with van der Waals surface area (Å²) in [6.07, 6.45) is 0. The van der Waals surface area contributed by atoms with Gasteiger partial charge in [0, 0.05) is 17.2 Å². The highest BCUT2D eigenvalue weighted by Gasteiger charge is 2.49. The molecule has 9 nitrogen and oxygen atoms in total. The number of aryl methyl sites for hydroxylation is 1. The molecule has 0 bridgehead atoms. The molecule has 1 aliphatic rings. The number of ether oxygens (including phenoxy) is 3. The zero-order chi connectivity index (χ0) is 23.7. The zero-order valence-corrected chi connectivity index (χ0v) is 18.5. The van der Waals surface area contributed by atoms with Crippen molar-refractivity contribution in [2.45, 2.75) is 13.0 Å². The van der Waals surface area contributed by atoms with Crippen LogP contribution >= 0.6 is 0 Å². The van der Waals surface area contributed by atoms with E-state index < -0.39 is 17.7 Å². The lowest BCUT2D eigenvalue weighted by molar-refractivity contribution is -0.132. The topological polar surface area (TPSA) is 111 Å². The minimum Gasteiger partial charge on any atom is -0.507 e. The number of amides is 1. The van der Waals surface area contributed by atoms with E-state index in [9.17, 15) is 14.7 Å². The highest BCUT2D eigenvalue weighted by atomic mass is 16.5. The molecule has 1 saturated heterocycles. The number of methoxy groups -OCH3 is 3. The van der Waals surface area contributed by atoms with Crippen molar-refractivity contribution in [2.24, 2.45) is 0 Å². The Balaban J connectivity index is 1.98. The maximum absolute atomic E-state index is 13.2. The van der Waals surface area contributed by atoms with Crippen molar-refractivity contribution >= 4 is 23.3 Å². The normalized spacial score (nSPS) is 17.3. The standard InChI is InChI=1S/C24H22N2O7/c1-13-12-18(25-33-13)26-20(16-6-5-7-17(31-3)23(16)32-4)19(22(28)24(26)29)21(27)14-8-10-15(30-2)11-9-14/h5-12,20,27H,1-4H3/b21-19+/t20-/m0/s1. The van der Waals surface area contributed by atoms with E-state index in [2.05, 4.69) is 5.16 Å². The SMILES string of the molecule is COc1ccc(/C(O)=C2\C(=O)C(=O)N(c3cc(C)on3)[C@H]2c2cccc(OC)c2OC)cc1. The molecule has 1 N–H and O–H groups in total. The fourth-order valence-corrected chi connectivity index (χ4v) is 3.86. The molecular formula is C24H22N2O7. The van der Waals surface area contributed by atoms with E-state index in [4.69, 9.17) is 18.7 Å². The lowest BCUT2D eigenvalue weighted by Crippen LogP contribution is -2.30. The third-order valence-corrected chi connectivity index (χ3v) is 5.40. The second kappa shape index (κ2) is 8.70. The summed E-state index contributed by atoms with van der Waals surface area (Å²) < 4.78 is 21.3. The second-order valence-corrected chi connectivity index (χ2v) is 7.28. The van der Waals surface area contributed by atoms with Crippen LogP contribution in [-0.4, -0.2) is 43.3 Å². The van der Waals surface area contributed by atoms with Gasteiger partial charge >= 0.3 is 5.91 Å². The Labute approximate surface area is 189 Å². The summed E-state index contributed by atoms with van der Waals surface area (Å²) >= 11 is 0. The molecule has 33 heavy (non-hydrogen) atoms. The predicted octanol–water partition coefficient (Wildman–Crippen LogP) is 3.64. The molecule has 0 aliphatic carbocycles. The fourth-order valence-electron chi connectivity index (χ4n) is 3.86. The van der Waals surface area contributed by atoms with Gasteiger partial charge in [-0.2, -0.15) is 0 Å². The molecule has 1 fully saturated rings. The Bertz CT molecular complexity index is 1240. The molecule has 1 amide bonds. The average Bonchev–Trinajstić information content (AvgIpc) is 3.38. The Hall–Kier alpha value is -4.27. The van der Waals surface area contributed by atoms with Crippen LogP contribution in [0, 0.1) is 6.92 Å². The van der Waals surface area contributed by atoms with Crippen molar-refractivity contribution in [1.82, 2.24) is 5.16 Å². The number of aromatic nitrogens is 1. The monoisotopic (exact) mass is 450 g/mol. The third-order valence-electron chi connectivity index (χ3n) is 5.40. The van der Waals surface area contributed by atoms with Crippen LogP contribution in [0.2, 0.25) is 0 Å². The number of aliphatic hydroxyl groups excluding tert-OH is 1. The first-order valence-electron chi connectivity index (χ1n) is 10.0. The van der Waals surface area contributed by atoms with Gasteiger partial charge < -0.3 is 23.8 Å². The van der Waals surface area contributed by atoms with E-state index in [0.29, 0.717) is 34.1 Å². The summed E-state index contributed by atoms with van der Waals surface area (Å²) in [6, 6.07) is 12.1. The number of hydrogen-bond donors (Lipinski definition) is 1. The van der Waals surface area contributed by atoms with Crippen LogP contribution in [0.4, 0.5) is 5.82 Å². The highest BCUT2D eigenvalue weighted by molar-refractivity contribution is 6.51. The van der Waals surface area contributed by atoms with Crippen LogP contribution in [0.1, 0.15) is 22.9 Å². The molecule has 0 spiro atoms. The van der Waals surface area contributed by atoms with Crippen molar-refractivity contribution < 1.29 is 33.4 Å². The summed E-state index contributed by atoms with van der Waals surface area (Å²) in [5.74, 6) is -0.160. The molecular weight excluding hydrogens is 428 g/mol. The van der Waals surface area contributed by atoms with Gasteiger partial charge in [0.1, 0.15) is 23.3 Å². The first kappa shape index (κ1) is 21.9. The molecule has 2 heterocycles. The number of Topliss-reactive ketones (excluding diaryl/α,β-unsaturated/α-hetero) is 1. The second-order valence-electron chi connectivity index (χ2n) is 7.28. The summed E-state index contributed by atoms with van der Waals surface area (Å²) in [4.78, 5) is 27.5. The van der Waals surface area contributed by atoms with E-state index in [1.54, 1.807) is 49.4 Å². The van der Waals surface area contributed by atoms with Crippen LogP contribution in [0.15, 0.2) is 58.6 Å². The number of carbonyl (C=O) groups excluding carboxylic acids is 2. The van der Waals surface area contributed by atoms with Gasteiger partial charge in [0.25, 0.3) is 5.78 Å². The Morgan fingerprint density at radius 1 is 1.03 bits per heavy atom. The molecule has 4 rings (SSSR count). The molecule has 1 aliphatic heterocycles. The van der Waals surface area contributed by atoms with Crippen molar-refractivity contribution in [2.75, 3.05) is 26.2 Å². The van der Waals surface area contributed by atoms with Gasteiger partial charge in [0.15, 0.2) is 17.3 Å². The molecule has 1 aromatic heterocycles. The molecule has 1 atom stereocenters. The summed E-state index contributed by atoms with van der Waals surface area (Å²) in [7, 11) is 4.46. The van der Waals surface area contributed by atoms with Crippen molar-refractivity contribution in [3.05, 3.63) is 71.0 Å². The molecule has 9 heteroatoms. The maximum atomic E-state index is 13.2. The number of rotatable bonds is 6. The van der Waals surface area contributed by atoms with Crippen LogP contribution in [0.25, 0.3) is 5.76 Å². The molecule has 170 valence electrons. The van der Waals surface area contributed by atoms with E-state index in [-0.39, 0.29) is 17.2 Å². The number of benzene rings is 2. The van der Waals surface area contributed by atoms with Gasteiger partial charge in [-0.25, -0.2) is 0 Å². The minimum absolute atomic E-state index is 0.114. The van der Waals surface area contributed by atoms with Gasteiger partial charge in [0.2, 0.25) is 0 Å². The minimum atomic E-state index is -1.04. The van der Waals surface area contributed by atoms with E-state index in [1.807, 2.05) is 0 Å². The van der Waals surface area contributed by atoms with Gasteiger partial charge in [-0.3, -0.25) is 14.5 Å². The van der Waals surface area contributed by atoms with E-state index in [0.717, 1.165) is 0 Å². The molecule has 3 aromatic rings. The summed E-state index contributed by atoms with van der Waals surface area (Å²) in [6.45, 7) is 1.67. The first-order chi connectivity index (χ1) is 15.9. The Kier molecular flexibility index (Phi) is 5.78. The van der Waals surface area contributed by atoms with Crippen LogP contribution in [0.3, 0.4) is 0 Å². The number of hydrogen-bond acceptors (Lipinski definition) is 8. The molecule has 2 aromatic carbocycles. The number of para-hydroxylation sites is 1. The molecule has 0 unspecified atom stereocenters.